The van der Waals surface area contributed by atoms with Crippen LogP contribution in [0.25, 0.3) is 0 Å². The third kappa shape index (κ3) is 39.6. The maximum absolute atomic E-state index is 12.7. The Morgan fingerprint density at radius 3 is 0.942 bits per heavy atom. The second kappa shape index (κ2) is 39.1. The van der Waals surface area contributed by atoms with Crippen molar-refractivity contribution in [2.45, 2.75) is 253 Å². The molecule has 0 radical (unpaired) electrons. The summed E-state index contributed by atoms with van der Waals surface area (Å²) < 4.78 is 16.7. The van der Waals surface area contributed by atoms with Crippen LogP contribution < -0.4 is 0 Å². The van der Waals surface area contributed by atoms with E-state index in [-0.39, 0.29) is 31.1 Å². The van der Waals surface area contributed by atoms with Crippen molar-refractivity contribution in [3.8, 4) is 0 Å². The van der Waals surface area contributed by atoms with Gasteiger partial charge in [-0.25, -0.2) is 0 Å². The van der Waals surface area contributed by atoms with E-state index < -0.39 is 6.10 Å². The number of ether oxygens (including phenoxy) is 3. The lowest BCUT2D eigenvalue weighted by Crippen LogP contribution is -2.30. The fraction of sp³-hybridized carbons (Fsp3) is 0.935. The first-order valence-electron chi connectivity index (χ1n) is 22.7. The third-order valence-electron chi connectivity index (χ3n) is 10.2. The van der Waals surface area contributed by atoms with Crippen LogP contribution in [0.4, 0.5) is 0 Å². The predicted octanol–water partition coefficient (Wildman–Crippen LogP) is 14.2. The highest BCUT2D eigenvalue weighted by atomic mass is 16.6. The third-order valence-corrected chi connectivity index (χ3v) is 10.2. The van der Waals surface area contributed by atoms with Crippen LogP contribution in [0.1, 0.15) is 247 Å². The highest BCUT2D eigenvalue weighted by Gasteiger charge is 2.19. The van der Waals surface area contributed by atoms with Gasteiger partial charge < -0.3 is 14.2 Å². The van der Waals surface area contributed by atoms with Crippen molar-refractivity contribution in [2.24, 2.45) is 11.8 Å². The molecule has 0 aromatic rings. The minimum absolute atomic E-state index is 0.0658. The SMILES string of the molecule is CCCCCCCCCCCCCCC(=O)OC[C@H](COC(=O)CCCCCCCCCCCCC(C)C)OC(=O)CCCCCCCCC(C)C. The molecule has 0 N–H and O–H groups in total. The van der Waals surface area contributed by atoms with Crippen LogP contribution in [0, 0.1) is 11.8 Å². The van der Waals surface area contributed by atoms with Crippen molar-refractivity contribution in [3.63, 3.8) is 0 Å². The van der Waals surface area contributed by atoms with Crippen molar-refractivity contribution in [3.05, 3.63) is 0 Å². The molecule has 0 spiro atoms. The zero-order chi connectivity index (χ0) is 38.3. The van der Waals surface area contributed by atoms with Gasteiger partial charge in [-0.3, -0.25) is 14.4 Å². The summed E-state index contributed by atoms with van der Waals surface area (Å²) in [5, 5.41) is 0. The van der Waals surface area contributed by atoms with E-state index in [0.717, 1.165) is 69.6 Å². The summed E-state index contributed by atoms with van der Waals surface area (Å²) >= 11 is 0. The average molecular weight is 737 g/mol. The van der Waals surface area contributed by atoms with E-state index in [9.17, 15) is 14.4 Å². The van der Waals surface area contributed by atoms with E-state index in [0.29, 0.717) is 19.3 Å². The fourth-order valence-corrected chi connectivity index (χ4v) is 6.75. The maximum Gasteiger partial charge on any atom is 0.306 e. The van der Waals surface area contributed by atoms with Gasteiger partial charge in [0.2, 0.25) is 0 Å². The topological polar surface area (TPSA) is 78.9 Å². The first kappa shape index (κ1) is 50.4. The summed E-state index contributed by atoms with van der Waals surface area (Å²) in [5.74, 6) is 0.715. The monoisotopic (exact) mass is 737 g/mol. The Bertz CT molecular complexity index is 794. The molecule has 0 amide bonds. The van der Waals surface area contributed by atoms with Crippen molar-refractivity contribution < 1.29 is 28.6 Å². The molecule has 308 valence electrons. The van der Waals surface area contributed by atoms with Gasteiger partial charge >= 0.3 is 17.9 Å². The van der Waals surface area contributed by atoms with Crippen molar-refractivity contribution >= 4 is 17.9 Å². The van der Waals surface area contributed by atoms with Gasteiger partial charge in [0.15, 0.2) is 6.10 Å². The summed E-state index contributed by atoms with van der Waals surface area (Å²) in [7, 11) is 0. The molecule has 0 aliphatic rings. The minimum Gasteiger partial charge on any atom is -0.462 e. The normalized spacial score (nSPS) is 12.1. The second-order valence-electron chi connectivity index (χ2n) is 16.6. The Labute approximate surface area is 323 Å². The lowest BCUT2D eigenvalue weighted by Gasteiger charge is -2.18. The van der Waals surface area contributed by atoms with Gasteiger partial charge in [-0.2, -0.15) is 0 Å². The molecule has 52 heavy (non-hydrogen) atoms. The minimum atomic E-state index is -0.760. The molecule has 0 aromatic carbocycles. The van der Waals surface area contributed by atoms with Gasteiger partial charge in [0.05, 0.1) is 0 Å². The zero-order valence-corrected chi connectivity index (χ0v) is 35.4. The Kier molecular flexibility index (Phi) is 37.9. The number of esters is 3. The van der Waals surface area contributed by atoms with Crippen LogP contribution in [0.3, 0.4) is 0 Å². The van der Waals surface area contributed by atoms with Crippen molar-refractivity contribution in [2.75, 3.05) is 13.2 Å². The molecule has 0 rings (SSSR count). The number of carbonyl (C=O) groups is 3. The largest absolute Gasteiger partial charge is 0.462 e. The molecular weight excluding hydrogens is 648 g/mol. The van der Waals surface area contributed by atoms with Gasteiger partial charge in [-0.15, -0.1) is 0 Å². The van der Waals surface area contributed by atoms with Crippen LogP contribution in [0.5, 0.6) is 0 Å². The summed E-state index contributed by atoms with van der Waals surface area (Å²) in [5.41, 5.74) is 0. The van der Waals surface area contributed by atoms with Crippen LogP contribution >= 0.6 is 0 Å². The molecule has 0 unspecified atom stereocenters. The van der Waals surface area contributed by atoms with E-state index in [4.69, 9.17) is 14.2 Å². The average Bonchev–Trinajstić information content (AvgIpc) is 3.11. The number of unbranched alkanes of at least 4 members (excludes halogenated alkanes) is 25. The van der Waals surface area contributed by atoms with E-state index in [1.54, 1.807) is 0 Å². The molecule has 0 aliphatic heterocycles. The van der Waals surface area contributed by atoms with Gasteiger partial charge in [-0.1, -0.05) is 208 Å². The quantitative estimate of drug-likeness (QED) is 0.0354. The molecule has 1 atom stereocenters. The van der Waals surface area contributed by atoms with Gasteiger partial charge in [0.25, 0.3) is 0 Å². The number of carbonyl (C=O) groups excluding carboxylic acids is 3. The van der Waals surface area contributed by atoms with E-state index in [1.807, 2.05) is 0 Å². The van der Waals surface area contributed by atoms with Crippen LogP contribution in [-0.2, 0) is 28.6 Å². The van der Waals surface area contributed by atoms with Crippen molar-refractivity contribution in [1.82, 2.24) is 0 Å². The Morgan fingerprint density at radius 1 is 0.365 bits per heavy atom. The molecular formula is C46H88O6. The lowest BCUT2D eigenvalue weighted by molar-refractivity contribution is -0.167. The van der Waals surface area contributed by atoms with Gasteiger partial charge in [0, 0.05) is 19.3 Å². The van der Waals surface area contributed by atoms with Gasteiger partial charge in [0.1, 0.15) is 13.2 Å². The highest BCUT2D eigenvalue weighted by molar-refractivity contribution is 5.71. The molecule has 6 nitrogen and oxygen atoms in total. The standard InChI is InChI=1S/C46H88O6/c1-6-7-8-9-10-11-12-13-17-20-26-31-36-44(47)50-39-43(52-46(49)38-33-28-23-22-25-30-35-42(4)5)40-51-45(48)37-32-27-21-18-15-14-16-19-24-29-34-41(2)3/h41-43H,6-40H2,1-5H3/t43-/m1/s1. The smallest absolute Gasteiger partial charge is 0.306 e. The summed E-state index contributed by atoms with van der Waals surface area (Å²) in [6.07, 6.45) is 36.7. The summed E-state index contributed by atoms with van der Waals surface area (Å²) in [6.45, 7) is 11.3. The molecule has 6 heteroatoms. The molecule has 0 aliphatic carbocycles. The highest BCUT2D eigenvalue weighted by Crippen LogP contribution is 2.16. The molecule has 0 aromatic heterocycles. The predicted molar refractivity (Wildman–Crippen MR) is 220 cm³/mol. The van der Waals surface area contributed by atoms with Crippen molar-refractivity contribution in [1.29, 1.82) is 0 Å². The molecule has 0 saturated heterocycles. The molecule has 0 fully saturated rings. The van der Waals surface area contributed by atoms with E-state index in [1.165, 1.54) is 135 Å². The summed E-state index contributed by atoms with van der Waals surface area (Å²) in [6, 6.07) is 0. The first-order valence-corrected chi connectivity index (χ1v) is 22.7. The Morgan fingerprint density at radius 2 is 0.635 bits per heavy atom. The van der Waals surface area contributed by atoms with E-state index >= 15 is 0 Å². The molecule has 0 heterocycles. The Balaban J connectivity index is 4.31. The van der Waals surface area contributed by atoms with Gasteiger partial charge in [-0.05, 0) is 31.1 Å². The van der Waals surface area contributed by atoms with Crippen LogP contribution in [0.15, 0.2) is 0 Å². The zero-order valence-electron chi connectivity index (χ0n) is 35.4. The number of rotatable bonds is 40. The molecule has 0 saturated carbocycles. The number of hydrogen-bond acceptors (Lipinski definition) is 6. The second-order valence-corrected chi connectivity index (χ2v) is 16.6. The fourth-order valence-electron chi connectivity index (χ4n) is 6.75. The first-order chi connectivity index (χ1) is 25.2. The number of hydrogen-bond donors (Lipinski definition) is 0. The lowest BCUT2D eigenvalue weighted by atomic mass is 10.0. The summed E-state index contributed by atoms with van der Waals surface area (Å²) in [4.78, 5) is 37.6. The van der Waals surface area contributed by atoms with E-state index in [2.05, 4.69) is 34.6 Å². The van der Waals surface area contributed by atoms with Crippen LogP contribution in [0.2, 0.25) is 0 Å². The maximum atomic E-state index is 12.7. The molecule has 0 bridgehead atoms. The van der Waals surface area contributed by atoms with Crippen LogP contribution in [-0.4, -0.2) is 37.2 Å². The Hall–Kier alpha value is -1.59.